The van der Waals surface area contributed by atoms with E-state index in [0.29, 0.717) is 0 Å². The van der Waals surface area contributed by atoms with Gasteiger partial charge in [-0.2, -0.15) is 0 Å². The molecule has 0 fully saturated rings. The minimum absolute atomic E-state index is 0.0359. The molecule has 7 aromatic carbocycles. The molecule has 298 valence electrons. The van der Waals surface area contributed by atoms with E-state index >= 15 is 0 Å². The number of nitrogens with zero attached hydrogens (tertiary/aromatic N) is 3. The Morgan fingerprint density at radius 1 is 0.475 bits per heavy atom. The van der Waals surface area contributed by atoms with E-state index in [2.05, 4.69) is 216 Å². The predicted octanol–water partition coefficient (Wildman–Crippen LogP) is 13.9. The maximum absolute atomic E-state index is 7.36. The molecule has 4 nitrogen and oxygen atoms in total. The van der Waals surface area contributed by atoms with Gasteiger partial charge in [0.05, 0.1) is 16.7 Å². The Morgan fingerprint density at radius 3 is 1.90 bits per heavy atom. The molecule has 5 heterocycles. The molecule has 0 unspecified atom stereocenters. The second-order valence-electron chi connectivity index (χ2n) is 20.6. The second kappa shape index (κ2) is 12.1. The lowest BCUT2D eigenvalue weighted by Gasteiger charge is -2.39. The number of furan rings is 1. The Labute approximate surface area is 358 Å². The van der Waals surface area contributed by atoms with Crippen LogP contribution in [-0.4, -0.2) is 15.9 Å². The van der Waals surface area contributed by atoms with Crippen molar-refractivity contribution in [1.29, 1.82) is 0 Å². The minimum atomic E-state index is -0.202. The summed E-state index contributed by atoms with van der Waals surface area (Å²) < 4.78 is 12.5. The third-order valence-electron chi connectivity index (χ3n) is 13.7. The Kier molecular flexibility index (Phi) is 7.22. The first-order valence-corrected chi connectivity index (χ1v) is 21.9. The van der Waals surface area contributed by atoms with Gasteiger partial charge in [0.25, 0.3) is 0 Å². The van der Waals surface area contributed by atoms with E-state index in [1.54, 1.807) is 0 Å². The maximum Gasteiger partial charge on any atom is 0.375 e. The molecule has 61 heavy (non-hydrogen) atoms. The first kappa shape index (κ1) is 36.4. The van der Waals surface area contributed by atoms with E-state index in [9.17, 15) is 0 Å². The van der Waals surface area contributed by atoms with E-state index in [1.165, 1.54) is 82.6 Å². The molecular weight excluding hydrogens is 741 g/mol. The van der Waals surface area contributed by atoms with Crippen molar-refractivity contribution in [2.24, 2.45) is 0 Å². The van der Waals surface area contributed by atoms with Crippen LogP contribution in [0.25, 0.3) is 71.4 Å². The highest BCUT2D eigenvalue weighted by Gasteiger charge is 2.47. The SMILES string of the molecule is CC(C)(C)c1ccc(N2c3cc(C(C)(C)C)cc4c3B(c3oc5ccc(C(C)(C)C)cc5c32)n2c3ccc5c6ccccc6n(-c6ccccc6)c5c3c3cccc-4c32)cc1. The van der Waals surface area contributed by atoms with Crippen LogP contribution in [0, 0.1) is 0 Å². The fourth-order valence-corrected chi connectivity index (χ4v) is 10.6. The van der Waals surface area contributed by atoms with E-state index in [4.69, 9.17) is 4.42 Å². The monoisotopic (exact) mass is 791 g/mol. The molecule has 5 heteroatoms. The fourth-order valence-electron chi connectivity index (χ4n) is 10.6. The van der Waals surface area contributed by atoms with Crippen molar-refractivity contribution in [2.75, 3.05) is 4.90 Å². The smallest absolute Gasteiger partial charge is 0.375 e. The average molecular weight is 792 g/mol. The van der Waals surface area contributed by atoms with Gasteiger partial charge in [-0.1, -0.05) is 147 Å². The number of rotatable bonds is 2. The van der Waals surface area contributed by atoms with Crippen molar-refractivity contribution >= 4 is 89.6 Å². The zero-order valence-corrected chi connectivity index (χ0v) is 36.6. The molecule has 0 saturated carbocycles. The first-order chi connectivity index (χ1) is 29.2. The van der Waals surface area contributed by atoms with Crippen LogP contribution < -0.4 is 16.0 Å². The van der Waals surface area contributed by atoms with Gasteiger partial charge in [-0.3, -0.25) is 0 Å². The summed E-state index contributed by atoms with van der Waals surface area (Å²) in [4.78, 5) is 2.53. The predicted molar refractivity (Wildman–Crippen MR) is 260 cm³/mol. The third-order valence-corrected chi connectivity index (χ3v) is 13.7. The minimum Gasteiger partial charge on any atom is -0.466 e. The summed E-state index contributed by atoms with van der Waals surface area (Å²) in [7, 11) is 0. The lowest BCUT2D eigenvalue weighted by molar-refractivity contribution is 0.590. The molecule has 10 aromatic rings. The van der Waals surface area contributed by atoms with Crippen molar-refractivity contribution in [3.05, 3.63) is 156 Å². The van der Waals surface area contributed by atoms with Crippen LogP contribution in [0.15, 0.2) is 144 Å². The van der Waals surface area contributed by atoms with Gasteiger partial charge in [-0.25, -0.2) is 0 Å². The normalized spacial score (nSPS) is 13.9. The lowest BCUT2D eigenvalue weighted by Crippen LogP contribution is -2.56. The van der Waals surface area contributed by atoms with Gasteiger partial charge in [0.1, 0.15) is 11.2 Å². The van der Waals surface area contributed by atoms with Crippen LogP contribution in [0.2, 0.25) is 0 Å². The Bertz CT molecular complexity index is 3470. The number of anilines is 3. The lowest BCUT2D eigenvalue weighted by atomic mass is 9.47. The number of hydrogen-bond acceptors (Lipinski definition) is 2. The number of aromatic nitrogens is 2. The maximum atomic E-state index is 7.36. The summed E-state index contributed by atoms with van der Waals surface area (Å²) in [5.74, 6) is 0. The highest BCUT2D eigenvalue weighted by molar-refractivity contribution is 6.89. The van der Waals surface area contributed by atoms with Crippen molar-refractivity contribution < 1.29 is 4.42 Å². The summed E-state index contributed by atoms with van der Waals surface area (Å²) in [5.41, 5.74) is 19.1. The summed E-state index contributed by atoms with van der Waals surface area (Å²) >= 11 is 0. The number of benzene rings is 7. The van der Waals surface area contributed by atoms with Crippen LogP contribution >= 0.6 is 0 Å². The van der Waals surface area contributed by atoms with Crippen molar-refractivity contribution in [2.45, 2.75) is 78.6 Å². The van der Waals surface area contributed by atoms with Crippen LogP contribution in [0.4, 0.5) is 17.1 Å². The van der Waals surface area contributed by atoms with Crippen molar-refractivity contribution in [3.63, 3.8) is 0 Å². The molecule has 0 spiro atoms. The van der Waals surface area contributed by atoms with Crippen molar-refractivity contribution in [1.82, 2.24) is 9.05 Å². The highest BCUT2D eigenvalue weighted by atomic mass is 16.3. The first-order valence-electron chi connectivity index (χ1n) is 21.9. The summed E-state index contributed by atoms with van der Waals surface area (Å²) in [6.45, 7) is 20.6. The molecule has 0 amide bonds. The van der Waals surface area contributed by atoms with Gasteiger partial charge in [0.2, 0.25) is 0 Å². The topological polar surface area (TPSA) is 26.2 Å². The average Bonchev–Trinajstić information content (AvgIpc) is 3.90. The van der Waals surface area contributed by atoms with Gasteiger partial charge in [-0.15, -0.1) is 0 Å². The summed E-state index contributed by atoms with van der Waals surface area (Å²) in [6.07, 6.45) is 0. The van der Waals surface area contributed by atoms with E-state index in [1.807, 2.05) is 0 Å². The third kappa shape index (κ3) is 5.01. The Balaban J connectivity index is 1.26. The molecule has 0 bridgehead atoms. The van der Waals surface area contributed by atoms with Crippen molar-refractivity contribution in [3.8, 4) is 16.8 Å². The van der Waals surface area contributed by atoms with Gasteiger partial charge < -0.3 is 18.4 Å². The van der Waals surface area contributed by atoms with Crippen LogP contribution in [0.3, 0.4) is 0 Å². The number of hydrogen-bond donors (Lipinski definition) is 0. The Hall–Kier alpha value is -6.46. The van der Waals surface area contributed by atoms with Crippen LogP contribution in [-0.2, 0) is 16.2 Å². The second-order valence-corrected chi connectivity index (χ2v) is 20.6. The molecule has 0 aliphatic carbocycles. The zero-order chi connectivity index (χ0) is 41.9. The molecule has 0 atom stereocenters. The van der Waals surface area contributed by atoms with Gasteiger partial charge in [-0.05, 0) is 98.6 Å². The van der Waals surface area contributed by atoms with E-state index in [-0.39, 0.29) is 23.1 Å². The van der Waals surface area contributed by atoms with E-state index in [0.717, 1.165) is 33.7 Å². The van der Waals surface area contributed by atoms with Gasteiger partial charge >= 0.3 is 6.85 Å². The highest BCUT2D eigenvalue weighted by Crippen LogP contribution is 2.51. The van der Waals surface area contributed by atoms with Gasteiger partial charge in [0, 0.05) is 60.6 Å². The fraction of sp³-hybridized carbons (Fsp3) is 0.214. The van der Waals surface area contributed by atoms with E-state index < -0.39 is 0 Å². The molecule has 2 aliphatic heterocycles. The summed E-state index contributed by atoms with van der Waals surface area (Å²) in [5, 5.41) is 6.20. The Morgan fingerprint density at radius 2 is 1.16 bits per heavy atom. The van der Waals surface area contributed by atoms with Gasteiger partial charge in [0.15, 0.2) is 0 Å². The number of fused-ring (bicyclic) bond motifs is 13. The van der Waals surface area contributed by atoms with Crippen LogP contribution in [0.5, 0.6) is 0 Å². The zero-order valence-electron chi connectivity index (χ0n) is 36.6. The molecule has 0 saturated heterocycles. The molecular formula is C56H50BN3O. The number of para-hydroxylation sites is 3. The largest absolute Gasteiger partial charge is 0.466 e. The van der Waals surface area contributed by atoms with Crippen LogP contribution in [0.1, 0.15) is 79.0 Å². The molecule has 12 rings (SSSR count). The standard InChI is InChI=1S/C56H50BN3O/c1-54(2,3)33-22-25-37(26-23-33)59-46-32-35(56(7,8)9)31-42-39-19-15-20-41-48-45(28-27-40-38-18-13-14-21-44(38)58(51(40)48)36-16-11-10-12-17-36)60(50(39)41)57(49(42)46)53-52(59)43-30-34(55(4,5)6)24-29-47(43)61-53/h10-32H,1-9H3. The summed E-state index contributed by atoms with van der Waals surface area (Å²) in [6, 6.07) is 52.6. The quantitative estimate of drug-likeness (QED) is 0.163. The molecule has 0 N–H and O–H groups in total. The molecule has 0 radical (unpaired) electrons. The molecule has 2 aliphatic rings. The molecule has 3 aromatic heterocycles.